The molecule has 0 amide bonds. The molecule has 2 aromatic rings. The van der Waals surface area contributed by atoms with Crippen LogP contribution in [0.1, 0.15) is 21.5 Å². The van der Waals surface area contributed by atoms with Gasteiger partial charge in [-0.2, -0.15) is 13.2 Å². The van der Waals surface area contributed by atoms with Crippen LogP contribution in [-0.2, 0) is 6.18 Å². The van der Waals surface area contributed by atoms with Gasteiger partial charge in [0.05, 0.1) is 5.56 Å². The summed E-state index contributed by atoms with van der Waals surface area (Å²) < 4.78 is 37.6. The topological polar surface area (TPSA) is 17.1 Å². The van der Waals surface area contributed by atoms with Crippen molar-refractivity contribution in [1.82, 2.24) is 0 Å². The van der Waals surface area contributed by atoms with E-state index >= 15 is 0 Å². The molecule has 0 aromatic heterocycles. The van der Waals surface area contributed by atoms with E-state index in [9.17, 15) is 18.0 Å². The SMILES string of the molecule is O=C(C#Cc1ccccc1)c1cccc(C(F)(F)F)c1. The minimum absolute atomic E-state index is 0.0664. The van der Waals surface area contributed by atoms with E-state index in [1.807, 2.05) is 0 Å². The molecule has 0 spiro atoms. The number of benzene rings is 2. The molecule has 0 atom stereocenters. The Labute approximate surface area is 114 Å². The summed E-state index contributed by atoms with van der Waals surface area (Å²) in [5, 5.41) is 0. The van der Waals surface area contributed by atoms with Gasteiger partial charge < -0.3 is 0 Å². The van der Waals surface area contributed by atoms with Crippen molar-refractivity contribution in [2.75, 3.05) is 0 Å². The van der Waals surface area contributed by atoms with E-state index in [0.29, 0.717) is 5.56 Å². The van der Waals surface area contributed by atoms with Gasteiger partial charge in [-0.3, -0.25) is 4.79 Å². The number of carbonyl (C=O) groups is 1. The highest BCUT2D eigenvalue weighted by atomic mass is 19.4. The van der Waals surface area contributed by atoms with E-state index < -0.39 is 17.5 Å². The minimum atomic E-state index is -4.47. The highest BCUT2D eigenvalue weighted by molar-refractivity contribution is 6.09. The van der Waals surface area contributed by atoms with Crippen molar-refractivity contribution in [2.45, 2.75) is 6.18 Å². The maximum Gasteiger partial charge on any atom is 0.416 e. The normalized spacial score (nSPS) is 10.6. The van der Waals surface area contributed by atoms with Crippen LogP contribution in [0.15, 0.2) is 54.6 Å². The fourth-order valence-electron chi connectivity index (χ4n) is 1.56. The van der Waals surface area contributed by atoms with Crippen LogP contribution in [0, 0.1) is 11.8 Å². The summed E-state index contributed by atoms with van der Waals surface area (Å²) in [6.07, 6.45) is -4.47. The lowest BCUT2D eigenvalue weighted by atomic mass is 10.1. The largest absolute Gasteiger partial charge is 0.416 e. The summed E-state index contributed by atoms with van der Waals surface area (Å²) in [6, 6.07) is 13.0. The smallest absolute Gasteiger partial charge is 0.279 e. The second-order valence-corrected chi connectivity index (χ2v) is 4.02. The first-order chi connectivity index (χ1) is 9.47. The molecule has 4 heteroatoms. The van der Waals surface area contributed by atoms with Crippen molar-refractivity contribution < 1.29 is 18.0 Å². The second kappa shape index (κ2) is 5.62. The Balaban J connectivity index is 2.25. The van der Waals surface area contributed by atoms with Gasteiger partial charge in [-0.25, -0.2) is 0 Å². The quantitative estimate of drug-likeness (QED) is 0.568. The molecule has 0 aliphatic heterocycles. The Hall–Kier alpha value is -2.54. The number of halogens is 3. The molecule has 2 rings (SSSR count). The molecule has 1 nitrogen and oxygen atoms in total. The van der Waals surface area contributed by atoms with Gasteiger partial charge in [0.1, 0.15) is 0 Å². The van der Waals surface area contributed by atoms with Crippen molar-refractivity contribution >= 4 is 5.78 Å². The predicted molar refractivity (Wildman–Crippen MR) is 69.1 cm³/mol. The fourth-order valence-corrected chi connectivity index (χ4v) is 1.56. The maximum atomic E-state index is 12.5. The van der Waals surface area contributed by atoms with Gasteiger partial charge in [0.2, 0.25) is 5.78 Å². The number of alkyl halides is 3. The number of carbonyl (C=O) groups excluding carboxylic acids is 1. The van der Waals surface area contributed by atoms with Crippen molar-refractivity contribution in [1.29, 1.82) is 0 Å². The standard InChI is InChI=1S/C16H9F3O/c17-16(18,19)14-8-4-7-13(11-14)15(20)10-9-12-5-2-1-3-6-12/h1-8,11H. The van der Waals surface area contributed by atoms with Gasteiger partial charge in [0.15, 0.2) is 0 Å². The zero-order valence-corrected chi connectivity index (χ0v) is 10.2. The van der Waals surface area contributed by atoms with Crippen molar-refractivity contribution in [2.24, 2.45) is 0 Å². The minimum Gasteiger partial charge on any atom is -0.279 e. The van der Waals surface area contributed by atoms with Gasteiger partial charge in [0.25, 0.3) is 0 Å². The molecule has 20 heavy (non-hydrogen) atoms. The Kier molecular flexibility index (Phi) is 3.90. The lowest BCUT2D eigenvalue weighted by Crippen LogP contribution is -2.06. The number of hydrogen-bond acceptors (Lipinski definition) is 1. The summed E-state index contributed by atoms with van der Waals surface area (Å²) in [4.78, 5) is 11.8. The van der Waals surface area contributed by atoms with Gasteiger partial charge in [0, 0.05) is 11.1 Å². The average molecular weight is 274 g/mol. The van der Waals surface area contributed by atoms with Gasteiger partial charge in [-0.1, -0.05) is 36.3 Å². The molecule has 2 aromatic carbocycles. The van der Waals surface area contributed by atoms with Crippen LogP contribution in [0.5, 0.6) is 0 Å². The van der Waals surface area contributed by atoms with Crippen LogP contribution in [0.3, 0.4) is 0 Å². The summed E-state index contributed by atoms with van der Waals surface area (Å²) in [5.41, 5.74) is -0.291. The third kappa shape index (κ3) is 3.48. The molecule has 0 aliphatic carbocycles. The maximum absolute atomic E-state index is 12.5. The Morgan fingerprint density at radius 2 is 1.65 bits per heavy atom. The first-order valence-electron chi connectivity index (χ1n) is 5.75. The number of rotatable bonds is 1. The molecule has 0 fully saturated rings. The first-order valence-corrected chi connectivity index (χ1v) is 5.75. The molecular formula is C16H9F3O. The summed E-state index contributed by atoms with van der Waals surface area (Å²) in [5.74, 6) is 4.32. The molecule has 0 saturated carbocycles. The van der Waals surface area contributed by atoms with Crippen LogP contribution in [0.4, 0.5) is 13.2 Å². The number of hydrogen-bond donors (Lipinski definition) is 0. The fraction of sp³-hybridized carbons (Fsp3) is 0.0625. The second-order valence-electron chi connectivity index (χ2n) is 4.02. The molecular weight excluding hydrogens is 265 g/mol. The highest BCUT2D eigenvalue weighted by Crippen LogP contribution is 2.29. The van der Waals surface area contributed by atoms with Crippen LogP contribution < -0.4 is 0 Å². The molecule has 0 radical (unpaired) electrons. The van der Waals surface area contributed by atoms with Crippen LogP contribution in [-0.4, -0.2) is 5.78 Å². The van der Waals surface area contributed by atoms with Gasteiger partial charge in [-0.15, -0.1) is 0 Å². The summed E-state index contributed by atoms with van der Waals surface area (Å²) in [7, 11) is 0. The Morgan fingerprint density at radius 1 is 0.950 bits per heavy atom. The average Bonchev–Trinajstić information content (AvgIpc) is 2.45. The van der Waals surface area contributed by atoms with E-state index in [1.165, 1.54) is 12.1 Å². The predicted octanol–water partition coefficient (Wildman–Crippen LogP) is 3.94. The lowest BCUT2D eigenvalue weighted by molar-refractivity contribution is -0.137. The Bertz CT molecular complexity index is 676. The third-order valence-electron chi connectivity index (χ3n) is 2.55. The van der Waals surface area contributed by atoms with E-state index in [0.717, 1.165) is 12.1 Å². The molecule has 0 saturated heterocycles. The summed E-state index contributed by atoms with van der Waals surface area (Å²) in [6.45, 7) is 0. The van der Waals surface area contributed by atoms with Crippen molar-refractivity contribution in [3.63, 3.8) is 0 Å². The van der Waals surface area contributed by atoms with Gasteiger partial charge >= 0.3 is 6.18 Å². The third-order valence-corrected chi connectivity index (χ3v) is 2.55. The zero-order valence-electron chi connectivity index (χ0n) is 10.2. The van der Waals surface area contributed by atoms with E-state index in [1.54, 1.807) is 30.3 Å². The van der Waals surface area contributed by atoms with Crippen LogP contribution in [0.25, 0.3) is 0 Å². The Morgan fingerprint density at radius 3 is 2.30 bits per heavy atom. The molecule has 100 valence electrons. The lowest BCUT2D eigenvalue weighted by Gasteiger charge is -2.06. The van der Waals surface area contributed by atoms with Crippen molar-refractivity contribution in [3.8, 4) is 11.8 Å². The first kappa shape index (κ1) is 13.9. The highest BCUT2D eigenvalue weighted by Gasteiger charge is 2.30. The van der Waals surface area contributed by atoms with Gasteiger partial charge in [-0.05, 0) is 30.2 Å². The molecule has 0 N–H and O–H groups in total. The molecule has 0 unspecified atom stereocenters. The zero-order chi connectivity index (χ0) is 14.6. The van der Waals surface area contributed by atoms with E-state index in [-0.39, 0.29) is 5.56 Å². The molecule has 0 aliphatic rings. The number of ketones is 1. The number of Topliss-reactive ketones (excluding diaryl/α,β-unsaturated/α-hetero) is 1. The van der Waals surface area contributed by atoms with E-state index in [2.05, 4.69) is 11.8 Å². The van der Waals surface area contributed by atoms with Crippen molar-refractivity contribution in [3.05, 3.63) is 71.3 Å². The monoisotopic (exact) mass is 274 g/mol. The van der Waals surface area contributed by atoms with E-state index in [4.69, 9.17) is 0 Å². The van der Waals surface area contributed by atoms with Crippen LogP contribution in [0.2, 0.25) is 0 Å². The molecule has 0 bridgehead atoms. The van der Waals surface area contributed by atoms with Crippen LogP contribution >= 0.6 is 0 Å². The molecule has 0 heterocycles. The summed E-state index contributed by atoms with van der Waals surface area (Å²) >= 11 is 0.